The van der Waals surface area contributed by atoms with Crippen molar-refractivity contribution in [3.8, 4) is 5.75 Å². The second-order valence-corrected chi connectivity index (χ2v) is 6.83. The molecule has 2 aromatic carbocycles. The van der Waals surface area contributed by atoms with E-state index in [0.717, 1.165) is 6.07 Å². The van der Waals surface area contributed by atoms with Crippen molar-refractivity contribution in [1.29, 1.82) is 0 Å². The minimum atomic E-state index is -4.00. The van der Waals surface area contributed by atoms with Gasteiger partial charge in [0.25, 0.3) is 15.7 Å². The number of nitrogens with one attached hydrogen (secondary N) is 1. The Morgan fingerprint density at radius 3 is 2.50 bits per heavy atom. The summed E-state index contributed by atoms with van der Waals surface area (Å²) in [6, 6.07) is 9.03. The molecule has 0 aromatic heterocycles. The molecule has 24 heavy (non-hydrogen) atoms. The molecule has 7 nitrogen and oxygen atoms in total. The van der Waals surface area contributed by atoms with E-state index in [2.05, 4.69) is 4.72 Å². The van der Waals surface area contributed by atoms with E-state index in [1.54, 1.807) is 45.0 Å². The molecule has 2 rings (SSSR count). The second-order valence-electron chi connectivity index (χ2n) is 5.18. The fourth-order valence-corrected chi connectivity index (χ4v) is 3.63. The van der Waals surface area contributed by atoms with Gasteiger partial charge in [-0.1, -0.05) is 12.1 Å². The summed E-state index contributed by atoms with van der Waals surface area (Å²) in [6.07, 6.45) is 0. The largest absolute Gasteiger partial charge is 0.492 e. The van der Waals surface area contributed by atoms with Gasteiger partial charge in [-0.15, -0.1) is 0 Å². The highest BCUT2D eigenvalue weighted by Gasteiger charge is 2.23. The minimum absolute atomic E-state index is 0.125. The number of hydrogen-bond donors (Lipinski definition) is 1. The zero-order valence-electron chi connectivity index (χ0n) is 13.6. The normalized spacial score (nSPS) is 11.1. The van der Waals surface area contributed by atoms with E-state index in [4.69, 9.17) is 4.74 Å². The summed E-state index contributed by atoms with van der Waals surface area (Å²) in [5.41, 5.74) is 1.00. The summed E-state index contributed by atoms with van der Waals surface area (Å²) in [7, 11) is -4.00. The highest BCUT2D eigenvalue weighted by Crippen LogP contribution is 2.30. The molecule has 0 amide bonds. The van der Waals surface area contributed by atoms with E-state index >= 15 is 0 Å². The van der Waals surface area contributed by atoms with Crippen LogP contribution in [0.1, 0.15) is 18.1 Å². The molecule has 0 aliphatic heterocycles. The molecule has 0 aliphatic carbocycles. The standard InChI is InChI=1S/C16H18N2O5S/c1-4-23-15-8-6-5-7-14(15)17-24(21,22)16-10-13(18(19)20)9-11(2)12(16)3/h5-10,17H,4H2,1-3H3. The van der Waals surface area contributed by atoms with Crippen molar-refractivity contribution in [2.24, 2.45) is 0 Å². The molecule has 2 aromatic rings. The number of anilines is 1. The van der Waals surface area contributed by atoms with Gasteiger partial charge in [0.15, 0.2) is 0 Å². The molecule has 0 radical (unpaired) electrons. The van der Waals surface area contributed by atoms with Crippen LogP contribution in [0.15, 0.2) is 41.3 Å². The number of non-ortho nitro benzene ring substituents is 1. The highest BCUT2D eigenvalue weighted by molar-refractivity contribution is 7.92. The number of sulfonamides is 1. The van der Waals surface area contributed by atoms with Crippen LogP contribution < -0.4 is 9.46 Å². The molecule has 0 aliphatic rings. The topological polar surface area (TPSA) is 98.5 Å². The summed E-state index contributed by atoms with van der Waals surface area (Å²) in [4.78, 5) is 10.3. The summed E-state index contributed by atoms with van der Waals surface area (Å²) >= 11 is 0. The molecule has 1 N–H and O–H groups in total. The number of nitro benzene ring substituents is 1. The third kappa shape index (κ3) is 3.65. The Bertz CT molecular complexity index is 878. The molecule has 0 spiro atoms. The van der Waals surface area contributed by atoms with Crippen molar-refractivity contribution in [3.05, 3.63) is 57.6 Å². The fraction of sp³-hybridized carbons (Fsp3) is 0.250. The van der Waals surface area contributed by atoms with Gasteiger partial charge in [-0.2, -0.15) is 0 Å². The van der Waals surface area contributed by atoms with E-state index in [1.165, 1.54) is 6.07 Å². The Labute approximate surface area is 140 Å². The van der Waals surface area contributed by atoms with Crippen LogP contribution in [-0.4, -0.2) is 19.9 Å². The molecule has 0 heterocycles. The molecular formula is C16H18N2O5S. The number of nitro groups is 1. The van der Waals surface area contributed by atoms with Crippen LogP contribution in [0.5, 0.6) is 5.75 Å². The Morgan fingerprint density at radius 2 is 1.88 bits per heavy atom. The van der Waals surface area contributed by atoms with E-state index in [-0.39, 0.29) is 16.3 Å². The third-order valence-electron chi connectivity index (χ3n) is 3.54. The molecular weight excluding hydrogens is 332 g/mol. The van der Waals surface area contributed by atoms with Crippen molar-refractivity contribution in [1.82, 2.24) is 0 Å². The summed E-state index contributed by atoms with van der Waals surface area (Å²) in [5, 5.41) is 11.0. The number of para-hydroxylation sites is 2. The van der Waals surface area contributed by atoms with Crippen molar-refractivity contribution in [2.75, 3.05) is 11.3 Å². The first-order chi connectivity index (χ1) is 11.3. The number of rotatable bonds is 6. The molecule has 0 bridgehead atoms. The number of benzene rings is 2. The lowest BCUT2D eigenvalue weighted by atomic mass is 10.1. The van der Waals surface area contributed by atoms with Crippen LogP contribution in [0.3, 0.4) is 0 Å². The van der Waals surface area contributed by atoms with Gasteiger partial charge in [0.05, 0.1) is 22.1 Å². The van der Waals surface area contributed by atoms with Gasteiger partial charge in [0.1, 0.15) is 5.75 Å². The van der Waals surface area contributed by atoms with Gasteiger partial charge in [-0.05, 0) is 44.0 Å². The van der Waals surface area contributed by atoms with Crippen LogP contribution in [0.25, 0.3) is 0 Å². The lowest BCUT2D eigenvalue weighted by Gasteiger charge is -2.14. The molecule has 8 heteroatoms. The van der Waals surface area contributed by atoms with Gasteiger partial charge in [-0.3, -0.25) is 14.8 Å². The van der Waals surface area contributed by atoms with Crippen LogP contribution in [0, 0.1) is 24.0 Å². The molecule has 128 valence electrons. The lowest BCUT2D eigenvalue weighted by molar-refractivity contribution is -0.385. The Kier molecular flexibility index (Phi) is 5.08. The monoisotopic (exact) mass is 350 g/mol. The quantitative estimate of drug-likeness (QED) is 0.636. The Morgan fingerprint density at radius 1 is 1.21 bits per heavy atom. The number of ether oxygens (including phenoxy) is 1. The summed E-state index contributed by atoms with van der Waals surface area (Å²) in [5.74, 6) is 0.392. The highest BCUT2D eigenvalue weighted by atomic mass is 32.2. The minimum Gasteiger partial charge on any atom is -0.492 e. The smallest absolute Gasteiger partial charge is 0.271 e. The van der Waals surface area contributed by atoms with Gasteiger partial charge in [0, 0.05) is 12.1 Å². The number of hydrogen-bond acceptors (Lipinski definition) is 5. The Balaban J connectivity index is 2.51. The van der Waals surface area contributed by atoms with Crippen LogP contribution in [0.2, 0.25) is 0 Å². The molecule has 0 fully saturated rings. The van der Waals surface area contributed by atoms with Crippen molar-refractivity contribution in [3.63, 3.8) is 0 Å². The van der Waals surface area contributed by atoms with E-state index < -0.39 is 14.9 Å². The SMILES string of the molecule is CCOc1ccccc1NS(=O)(=O)c1cc([N+](=O)[O-])cc(C)c1C. The maximum Gasteiger partial charge on any atom is 0.271 e. The fourth-order valence-electron chi connectivity index (χ4n) is 2.23. The molecule has 0 atom stereocenters. The molecule has 0 unspecified atom stereocenters. The second kappa shape index (κ2) is 6.88. The average molecular weight is 350 g/mol. The first kappa shape index (κ1) is 17.7. The average Bonchev–Trinajstić information content (AvgIpc) is 2.51. The zero-order chi connectivity index (χ0) is 17.9. The first-order valence-corrected chi connectivity index (χ1v) is 8.75. The molecule has 0 saturated heterocycles. The number of nitrogens with zero attached hydrogens (tertiary/aromatic N) is 1. The van der Waals surface area contributed by atoms with Crippen molar-refractivity contribution < 1.29 is 18.1 Å². The van der Waals surface area contributed by atoms with Gasteiger partial charge < -0.3 is 4.74 Å². The van der Waals surface area contributed by atoms with Crippen molar-refractivity contribution in [2.45, 2.75) is 25.7 Å². The summed E-state index contributed by atoms with van der Waals surface area (Å²) in [6.45, 7) is 5.42. The van der Waals surface area contributed by atoms with E-state index in [1.807, 2.05) is 0 Å². The number of aryl methyl sites for hydroxylation is 1. The van der Waals surface area contributed by atoms with Gasteiger partial charge >= 0.3 is 0 Å². The maximum absolute atomic E-state index is 12.7. The summed E-state index contributed by atoms with van der Waals surface area (Å²) < 4.78 is 33.3. The van der Waals surface area contributed by atoms with Crippen LogP contribution >= 0.6 is 0 Å². The van der Waals surface area contributed by atoms with Crippen LogP contribution in [0.4, 0.5) is 11.4 Å². The Hall–Kier alpha value is -2.61. The zero-order valence-corrected chi connectivity index (χ0v) is 14.4. The third-order valence-corrected chi connectivity index (χ3v) is 5.03. The first-order valence-electron chi connectivity index (χ1n) is 7.26. The van der Waals surface area contributed by atoms with E-state index in [9.17, 15) is 18.5 Å². The van der Waals surface area contributed by atoms with Gasteiger partial charge in [-0.25, -0.2) is 8.42 Å². The predicted octanol–water partition coefficient (Wildman–Crippen LogP) is 3.41. The van der Waals surface area contributed by atoms with Crippen LogP contribution in [-0.2, 0) is 10.0 Å². The molecule has 0 saturated carbocycles. The predicted molar refractivity (Wildman–Crippen MR) is 91.0 cm³/mol. The maximum atomic E-state index is 12.7. The van der Waals surface area contributed by atoms with Crippen molar-refractivity contribution >= 4 is 21.4 Å². The lowest BCUT2D eigenvalue weighted by Crippen LogP contribution is -2.16. The van der Waals surface area contributed by atoms with E-state index in [0.29, 0.717) is 23.5 Å². The van der Waals surface area contributed by atoms with Gasteiger partial charge in [0.2, 0.25) is 0 Å².